The van der Waals surface area contributed by atoms with Gasteiger partial charge in [-0.15, -0.1) is 0 Å². The zero-order valence-corrected chi connectivity index (χ0v) is 9.13. The Labute approximate surface area is 88.3 Å². The zero-order chi connectivity index (χ0) is 11.5. The number of hydrogen-bond donors (Lipinski definition) is 0. The van der Waals surface area contributed by atoms with E-state index in [4.69, 9.17) is 0 Å². The molecule has 1 aromatic heterocycles. The summed E-state index contributed by atoms with van der Waals surface area (Å²) in [6.45, 7) is 4.13. The predicted molar refractivity (Wildman–Crippen MR) is 53.4 cm³/mol. The lowest BCUT2D eigenvalue weighted by Gasteiger charge is -2.29. The summed E-state index contributed by atoms with van der Waals surface area (Å²) in [5, 5.41) is 0. The summed E-state index contributed by atoms with van der Waals surface area (Å²) in [5.74, 6) is 0. The average molecular weight is 215 g/mol. The summed E-state index contributed by atoms with van der Waals surface area (Å²) in [5.41, 5.74) is -0.705. The molecule has 2 nitrogen and oxygen atoms in total. The van der Waals surface area contributed by atoms with Crippen LogP contribution in [-0.2, 0) is 11.3 Å². The van der Waals surface area contributed by atoms with E-state index in [2.05, 4.69) is 9.72 Å². The molecule has 84 valence electrons. The molecule has 4 heteroatoms. The highest BCUT2D eigenvalue weighted by Crippen LogP contribution is 2.36. The number of pyridine rings is 1. The first-order valence-electron chi connectivity index (χ1n) is 4.74. The highest BCUT2D eigenvalue weighted by Gasteiger charge is 2.44. The van der Waals surface area contributed by atoms with Crippen LogP contribution in [0.15, 0.2) is 24.4 Å². The van der Waals surface area contributed by atoms with Crippen molar-refractivity contribution in [2.75, 3.05) is 0 Å². The zero-order valence-electron chi connectivity index (χ0n) is 9.13. The first-order chi connectivity index (χ1) is 6.83. The highest BCUT2D eigenvalue weighted by atomic mass is 19.3. The second-order valence-corrected chi connectivity index (χ2v) is 4.38. The molecule has 0 amide bonds. The Morgan fingerprint density at radius 2 is 1.93 bits per heavy atom. The quantitative estimate of drug-likeness (QED) is 0.772. The van der Waals surface area contributed by atoms with E-state index < -0.39 is 11.5 Å². The SMILES string of the molecule is CC(C)(C)C(F)(F)OCc1ccccn1. The lowest BCUT2D eigenvalue weighted by molar-refractivity contribution is -0.301. The molecule has 0 N–H and O–H groups in total. The van der Waals surface area contributed by atoms with Gasteiger partial charge in [0, 0.05) is 6.20 Å². The third-order valence-electron chi connectivity index (χ3n) is 2.00. The lowest BCUT2D eigenvalue weighted by atomic mass is 9.95. The lowest BCUT2D eigenvalue weighted by Crippen LogP contribution is -2.36. The van der Waals surface area contributed by atoms with Crippen molar-refractivity contribution in [3.8, 4) is 0 Å². The van der Waals surface area contributed by atoms with E-state index in [1.807, 2.05) is 0 Å². The van der Waals surface area contributed by atoms with Gasteiger partial charge in [-0.25, -0.2) is 0 Å². The van der Waals surface area contributed by atoms with E-state index in [1.165, 1.54) is 20.8 Å². The van der Waals surface area contributed by atoms with Crippen molar-refractivity contribution in [3.05, 3.63) is 30.1 Å². The maximum absolute atomic E-state index is 13.4. The van der Waals surface area contributed by atoms with Crippen LogP contribution < -0.4 is 0 Å². The number of aromatic nitrogens is 1. The second kappa shape index (κ2) is 4.23. The molecule has 0 spiro atoms. The van der Waals surface area contributed by atoms with Crippen molar-refractivity contribution in [1.29, 1.82) is 0 Å². The van der Waals surface area contributed by atoms with E-state index in [0.29, 0.717) is 5.69 Å². The van der Waals surface area contributed by atoms with E-state index in [-0.39, 0.29) is 6.61 Å². The predicted octanol–water partition coefficient (Wildman–Crippen LogP) is 3.24. The van der Waals surface area contributed by atoms with Crippen molar-refractivity contribution < 1.29 is 13.5 Å². The topological polar surface area (TPSA) is 22.1 Å². The van der Waals surface area contributed by atoms with Gasteiger partial charge in [0.15, 0.2) is 0 Å². The number of hydrogen-bond acceptors (Lipinski definition) is 2. The molecule has 0 aromatic carbocycles. The number of ether oxygens (including phenoxy) is 1. The largest absolute Gasteiger partial charge is 0.360 e. The number of nitrogens with zero attached hydrogens (tertiary/aromatic N) is 1. The van der Waals surface area contributed by atoms with Crippen molar-refractivity contribution in [3.63, 3.8) is 0 Å². The smallest absolute Gasteiger partial charge is 0.314 e. The second-order valence-electron chi connectivity index (χ2n) is 4.38. The Morgan fingerprint density at radius 1 is 1.27 bits per heavy atom. The minimum absolute atomic E-state index is 0.175. The van der Waals surface area contributed by atoms with Crippen LogP contribution in [0.25, 0.3) is 0 Å². The van der Waals surface area contributed by atoms with Crippen molar-refractivity contribution in [1.82, 2.24) is 4.98 Å². The summed E-state index contributed by atoms with van der Waals surface area (Å²) in [7, 11) is 0. The first kappa shape index (κ1) is 12.0. The summed E-state index contributed by atoms with van der Waals surface area (Å²) >= 11 is 0. The molecule has 15 heavy (non-hydrogen) atoms. The molecule has 0 saturated carbocycles. The summed E-state index contributed by atoms with van der Waals surface area (Å²) in [6, 6.07) is 5.12. The fraction of sp³-hybridized carbons (Fsp3) is 0.545. The molecule has 0 aliphatic heterocycles. The minimum Gasteiger partial charge on any atom is -0.314 e. The summed E-state index contributed by atoms with van der Waals surface area (Å²) in [6.07, 6.45) is -1.60. The minimum atomic E-state index is -3.15. The van der Waals surface area contributed by atoms with Gasteiger partial charge in [0.2, 0.25) is 0 Å². The van der Waals surface area contributed by atoms with Gasteiger partial charge in [-0.3, -0.25) is 4.98 Å². The Hall–Kier alpha value is -1.03. The Bertz CT molecular complexity index is 306. The van der Waals surface area contributed by atoms with Crippen LogP contribution in [0.4, 0.5) is 8.78 Å². The molecule has 0 bridgehead atoms. The molecule has 1 rings (SSSR count). The average Bonchev–Trinajstić information content (AvgIpc) is 2.15. The van der Waals surface area contributed by atoms with Gasteiger partial charge < -0.3 is 4.74 Å². The van der Waals surface area contributed by atoms with E-state index in [0.717, 1.165) is 0 Å². The van der Waals surface area contributed by atoms with Crippen LogP contribution in [0.1, 0.15) is 26.5 Å². The van der Waals surface area contributed by atoms with Crippen LogP contribution in [0, 0.1) is 5.41 Å². The van der Waals surface area contributed by atoms with Gasteiger partial charge in [-0.05, 0) is 12.1 Å². The van der Waals surface area contributed by atoms with Gasteiger partial charge >= 0.3 is 6.11 Å². The van der Waals surface area contributed by atoms with Crippen LogP contribution >= 0.6 is 0 Å². The fourth-order valence-corrected chi connectivity index (χ4v) is 0.865. The Kier molecular flexibility index (Phi) is 3.39. The Balaban J connectivity index is 2.58. The number of rotatable bonds is 3. The molecule has 0 unspecified atom stereocenters. The number of alkyl halides is 2. The normalized spacial score (nSPS) is 12.9. The molecule has 0 fully saturated rings. The highest BCUT2D eigenvalue weighted by molar-refractivity contribution is 5.02. The maximum atomic E-state index is 13.4. The van der Waals surface area contributed by atoms with Crippen LogP contribution in [-0.4, -0.2) is 11.1 Å². The van der Waals surface area contributed by atoms with Crippen molar-refractivity contribution in [2.45, 2.75) is 33.5 Å². The molecule has 0 saturated heterocycles. The monoisotopic (exact) mass is 215 g/mol. The molecule has 1 heterocycles. The van der Waals surface area contributed by atoms with Gasteiger partial charge in [0.05, 0.1) is 17.7 Å². The van der Waals surface area contributed by atoms with Crippen molar-refractivity contribution >= 4 is 0 Å². The van der Waals surface area contributed by atoms with E-state index in [1.54, 1.807) is 24.4 Å². The third-order valence-corrected chi connectivity index (χ3v) is 2.00. The fourth-order valence-electron chi connectivity index (χ4n) is 0.865. The molecular weight excluding hydrogens is 200 g/mol. The number of halogens is 2. The first-order valence-corrected chi connectivity index (χ1v) is 4.74. The summed E-state index contributed by atoms with van der Waals surface area (Å²) < 4.78 is 31.3. The molecule has 1 aromatic rings. The van der Waals surface area contributed by atoms with Gasteiger partial charge in [0.1, 0.15) is 0 Å². The third kappa shape index (κ3) is 3.23. The maximum Gasteiger partial charge on any atom is 0.360 e. The standard InChI is InChI=1S/C11H15F2NO/c1-10(2,3)11(12,13)15-8-9-6-4-5-7-14-9/h4-7H,8H2,1-3H3. The molecular formula is C11H15F2NO. The van der Waals surface area contributed by atoms with Crippen LogP contribution in [0.2, 0.25) is 0 Å². The van der Waals surface area contributed by atoms with E-state index >= 15 is 0 Å². The molecule has 0 aliphatic carbocycles. The van der Waals surface area contributed by atoms with Gasteiger partial charge in [0.25, 0.3) is 0 Å². The van der Waals surface area contributed by atoms with Crippen LogP contribution in [0.3, 0.4) is 0 Å². The summed E-state index contributed by atoms with van der Waals surface area (Å²) in [4.78, 5) is 3.91. The van der Waals surface area contributed by atoms with Crippen LogP contribution in [0.5, 0.6) is 0 Å². The molecule has 0 aliphatic rings. The molecule has 0 radical (unpaired) electrons. The molecule has 0 atom stereocenters. The Morgan fingerprint density at radius 3 is 2.40 bits per heavy atom. The van der Waals surface area contributed by atoms with Crippen molar-refractivity contribution in [2.24, 2.45) is 5.41 Å². The van der Waals surface area contributed by atoms with Gasteiger partial charge in [-0.2, -0.15) is 8.78 Å². The van der Waals surface area contributed by atoms with E-state index in [9.17, 15) is 8.78 Å². The van der Waals surface area contributed by atoms with Gasteiger partial charge in [-0.1, -0.05) is 26.8 Å².